The summed E-state index contributed by atoms with van der Waals surface area (Å²) >= 11 is 0. The monoisotopic (exact) mass is 388 g/mol. The van der Waals surface area contributed by atoms with Crippen LogP contribution in [0.3, 0.4) is 0 Å². The van der Waals surface area contributed by atoms with Crippen LogP contribution < -0.4 is 10.1 Å². The number of aryl methyl sites for hydroxylation is 3. The first-order valence-electron chi connectivity index (χ1n) is 9.85. The average Bonchev–Trinajstić information content (AvgIpc) is 3.16. The number of carbonyl (C=O) groups excluding carboxylic acids is 1. The van der Waals surface area contributed by atoms with Crippen molar-refractivity contribution in [2.45, 2.75) is 39.2 Å². The van der Waals surface area contributed by atoms with E-state index < -0.39 is 0 Å². The molecule has 0 bridgehead atoms. The van der Waals surface area contributed by atoms with E-state index in [2.05, 4.69) is 26.3 Å². The summed E-state index contributed by atoms with van der Waals surface area (Å²) in [6.45, 7) is 4.37. The van der Waals surface area contributed by atoms with E-state index in [1.54, 1.807) is 18.6 Å². The van der Waals surface area contributed by atoms with E-state index in [0.29, 0.717) is 19.4 Å². The summed E-state index contributed by atoms with van der Waals surface area (Å²) < 4.78 is 6.21. The van der Waals surface area contributed by atoms with Crippen LogP contribution in [-0.4, -0.2) is 33.5 Å². The molecule has 1 amide bonds. The Hall–Kier alpha value is -3.28. The maximum absolute atomic E-state index is 12.2. The molecule has 1 aliphatic heterocycles. The van der Waals surface area contributed by atoms with Gasteiger partial charge in [0.25, 0.3) is 0 Å². The minimum atomic E-state index is -0.0773. The summed E-state index contributed by atoms with van der Waals surface area (Å²) in [6, 6.07) is 9.98. The Bertz CT molecular complexity index is 1020. The molecule has 0 saturated heterocycles. The fourth-order valence-corrected chi connectivity index (χ4v) is 3.55. The van der Waals surface area contributed by atoms with Gasteiger partial charge in [-0.25, -0.2) is 4.98 Å². The predicted molar refractivity (Wildman–Crippen MR) is 111 cm³/mol. The zero-order valence-electron chi connectivity index (χ0n) is 16.7. The van der Waals surface area contributed by atoms with Crippen molar-refractivity contribution in [1.82, 2.24) is 20.3 Å². The lowest BCUT2D eigenvalue weighted by Gasteiger charge is -2.14. The zero-order valence-corrected chi connectivity index (χ0v) is 16.7. The Morgan fingerprint density at radius 1 is 1.21 bits per heavy atom. The van der Waals surface area contributed by atoms with E-state index in [0.717, 1.165) is 45.9 Å². The molecule has 148 valence electrons. The first-order chi connectivity index (χ1) is 14.1. The van der Waals surface area contributed by atoms with Crippen molar-refractivity contribution in [3.05, 3.63) is 71.4 Å². The molecule has 0 radical (unpaired) electrons. The van der Waals surface area contributed by atoms with Crippen molar-refractivity contribution >= 4 is 5.91 Å². The fourth-order valence-electron chi connectivity index (χ4n) is 3.55. The molecular formula is C23H24N4O2. The number of hydrogen-bond acceptors (Lipinski definition) is 5. The Morgan fingerprint density at radius 3 is 2.93 bits per heavy atom. The van der Waals surface area contributed by atoms with Crippen molar-refractivity contribution < 1.29 is 9.53 Å². The number of ether oxygens (including phenoxy) is 1. The summed E-state index contributed by atoms with van der Waals surface area (Å²) in [4.78, 5) is 25.4. The maximum atomic E-state index is 12.2. The lowest BCUT2D eigenvalue weighted by Crippen LogP contribution is -2.34. The van der Waals surface area contributed by atoms with Crippen molar-refractivity contribution in [2.75, 3.05) is 6.54 Å². The van der Waals surface area contributed by atoms with Gasteiger partial charge < -0.3 is 10.1 Å². The third-order valence-corrected chi connectivity index (χ3v) is 5.05. The molecule has 2 aromatic heterocycles. The van der Waals surface area contributed by atoms with Crippen LogP contribution in [0.1, 0.15) is 28.9 Å². The minimum Gasteiger partial charge on any atom is -0.487 e. The molecule has 4 rings (SSSR count). The average molecular weight is 388 g/mol. The highest BCUT2D eigenvalue weighted by atomic mass is 16.5. The molecule has 0 aliphatic carbocycles. The van der Waals surface area contributed by atoms with Gasteiger partial charge in [-0.1, -0.05) is 18.2 Å². The third-order valence-electron chi connectivity index (χ3n) is 5.05. The van der Waals surface area contributed by atoms with Gasteiger partial charge in [0.05, 0.1) is 23.6 Å². The van der Waals surface area contributed by atoms with Gasteiger partial charge in [0, 0.05) is 37.0 Å². The summed E-state index contributed by atoms with van der Waals surface area (Å²) in [6.07, 6.45) is 7.11. The molecular weight excluding hydrogens is 364 g/mol. The number of benzene rings is 1. The number of nitrogens with zero attached hydrogens (tertiary/aromatic N) is 3. The molecule has 3 heterocycles. The SMILES string of the molecule is Cc1cnc(C)c(-c2cccc3c2O[C@H](CNC(=O)CCc2cccnc2)C3)n1. The summed E-state index contributed by atoms with van der Waals surface area (Å²) in [5.41, 5.74) is 5.76. The van der Waals surface area contributed by atoms with Gasteiger partial charge in [-0.3, -0.25) is 14.8 Å². The number of carbonyl (C=O) groups is 1. The third kappa shape index (κ3) is 4.42. The Morgan fingerprint density at radius 2 is 2.10 bits per heavy atom. The van der Waals surface area contributed by atoms with Crippen LogP contribution in [-0.2, 0) is 17.6 Å². The van der Waals surface area contributed by atoms with E-state index in [1.165, 1.54) is 0 Å². The molecule has 6 nitrogen and oxygen atoms in total. The predicted octanol–water partition coefficient (Wildman–Crippen LogP) is 3.21. The standard InChI is InChI=1S/C23H24N4O2/c1-15-12-25-16(2)22(27-15)20-7-3-6-18-11-19(29-23(18)20)14-26-21(28)9-8-17-5-4-10-24-13-17/h3-7,10,12-13,19H,8-9,11,14H2,1-2H3,(H,26,28)/t19-/m0/s1. The summed E-state index contributed by atoms with van der Waals surface area (Å²) in [5.74, 6) is 0.874. The van der Waals surface area contributed by atoms with Gasteiger partial charge in [-0.15, -0.1) is 0 Å². The molecule has 1 N–H and O–H groups in total. The zero-order chi connectivity index (χ0) is 20.2. The number of rotatable bonds is 6. The quantitative estimate of drug-likeness (QED) is 0.702. The van der Waals surface area contributed by atoms with E-state index in [-0.39, 0.29) is 12.0 Å². The molecule has 0 unspecified atom stereocenters. The molecule has 6 heteroatoms. The Kier molecular flexibility index (Phi) is 5.51. The van der Waals surface area contributed by atoms with Gasteiger partial charge in [-0.05, 0) is 43.5 Å². The highest BCUT2D eigenvalue weighted by Gasteiger charge is 2.27. The first kappa shape index (κ1) is 19.1. The van der Waals surface area contributed by atoms with Crippen LogP contribution in [0, 0.1) is 13.8 Å². The number of fused-ring (bicyclic) bond motifs is 1. The minimum absolute atomic E-state index is 0.0222. The van der Waals surface area contributed by atoms with Crippen molar-refractivity contribution in [3.63, 3.8) is 0 Å². The second-order valence-electron chi connectivity index (χ2n) is 7.35. The second-order valence-corrected chi connectivity index (χ2v) is 7.35. The second kappa shape index (κ2) is 8.39. The number of amides is 1. The van der Waals surface area contributed by atoms with Gasteiger partial charge in [0.1, 0.15) is 11.9 Å². The molecule has 0 saturated carbocycles. The van der Waals surface area contributed by atoms with Crippen molar-refractivity contribution in [1.29, 1.82) is 0 Å². The van der Waals surface area contributed by atoms with Crippen LogP contribution in [0.5, 0.6) is 5.75 Å². The van der Waals surface area contributed by atoms with Crippen LogP contribution in [0.2, 0.25) is 0 Å². The molecule has 1 aliphatic rings. The Labute approximate surface area is 170 Å². The smallest absolute Gasteiger partial charge is 0.220 e. The fraction of sp³-hybridized carbons (Fsp3) is 0.304. The van der Waals surface area contributed by atoms with Gasteiger partial charge in [-0.2, -0.15) is 0 Å². The maximum Gasteiger partial charge on any atom is 0.220 e. The molecule has 1 atom stereocenters. The van der Waals surface area contributed by atoms with E-state index in [4.69, 9.17) is 4.74 Å². The number of nitrogens with one attached hydrogen (secondary N) is 1. The first-order valence-corrected chi connectivity index (χ1v) is 9.85. The topological polar surface area (TPSA) is 77.0 Å². The number of pyridine rings is 1. The van der Waals surface area contributed by atoms with Crippen molar-refractivity contribution in [3.8, 4) is 17.0 Å². The number of aromatic nitrogens is 3. The Balaban J connectivity index is 1.38. The number of hydrogen-bond donors (Lipinski definition) is 1. The highest BCUT2D eigenvalue weighted by molar-refractivity contribution is 5.76. The van der Waals surface area contributed by atoms with Crippen LogP contribution >= 0.6 is 0 Å². The molecule has 1 aromatic carbocycles. The number of para-hydroxylation sites is 1. The lowest BCUT2D eigenvalue weighted by atomic mass is 10.0. The molecule has 3 aromatic rings. The van der Waals surface area contributed by atoms with Gasteiger partial charge in [0.2, 0.25) is 5.91 Å². The highest BCUT2D eigenvalue weighted by Crippen LogP contribution is 2.38. The lowest BCUT2D eigenvalue weighted by molar-refractivity contribution is -0.121. The van der Waals surface area contributed by atoms with E-state index in [1.807, 2.05) is 38.1 Å². The van der Waals surface area contributed by atoms with Crippen molar-refractivity contribution in [2.24, 2.45) is 0 Å². The van der Waals surface area contributed by atoms with Crippen LogP contribution in [0.25, 0.3) is 11.3 Å². The normalized spacial score (nSPS) is 14.9. The van der Waals surface area contributed by atoms with E-state index in [9.17, 15) is 4.79 Å². The summed E-state index contributed by atoms with van der Waals surface area (Å²) in [5, 5.41) is 3.00. The summed E-state index contributed by atoms with van der Waals surface area (Å²) in [7, 11) is 0. The van der Waals surface area contributed by atoms with Crippen LogP contribution in [0.15, 0.2) is 48.9 Å². The largest absolute Gasteiger partial charge is 0.487 e. The molecule has 0 spiro atoms. The molecule has 29 heavy (non-hydrogen) atoms. The van der Waals surface area contributed by atoms with Gasteiger partial charge >= 0.3 is 0 Å². The molecule has 0 fully saturated rings. The van der Waals surface area contributed by atoms with Gasteiger partial charge in [0.15, 0.2) is 0 Å². The van der Waals surface area contributed by atoms with E-state index >= 15 is 0 Å². The van der Waals surface area contributed by atoms with Crippen LogP contribution in [0.4, 0.5) is 0 Å².